The van der Waals surface area contributed by atoms with Gasteiger partial charge in [-0.15, -0.1) is 6.58 Å². The Hall–Kier alpha value is -0.850. The van der Waals surface area contributed by atoms with E-state index in [2.05, 4.69) is 20.4 Å². The van der Waals surface area contributed by atoms with Crippen LogP contribution in [0.4, 0.5) is 0 Å². The predicted octanol–water partition coefficient (Wildman–Crippen LogP) is 3.66. The fourth-order valence-corrected chi connectivity index (χ4v) is 2.21. The number of rotatable bonds is 3. The molecule has 0 aromatic rings. The van der Waals surface area contributed by atoms with E-state index in [0.29, 0.717) is 5.78 Å². The Labute approximate surface area is 86.9 Å². The van der Waals surface area contributed by atoms with Gasteiger partial charge in [0.1, 0.15) is 0 Å². The van der Waals surface area contributed by atoms with Crippen LogP contribution >= 0.6 is 0 Å². The quantitative estimate of drug-likeness (QED) is 0.624. The molecule has 0 aliphatic heterocycles. The zero-order valence-electron chi connectivity index (χ0n) is 9.52. The molecule has 1 nitrogen and oxygen atoms in total. The van der Waals surface area contributed by atoms with Crippen molar-refractivity contribution in [2.45, 2.75) is 46.5 Å². The van der Waals surface area contributed by atoms with Crippen LogP contribution in [-0.2, 0) is 4.79 Å². The summed E-state index contributed by atoms with van der Waals surface area (Å²) >= 11 is 0. The van der Waals surface area contributed by atoms with E-state index in [0.717, 1.165) is 31.3 Å². The number of carbonyl (C=O) groups is 1. The first kappa shape index (κ1) is 11.2. The molecule has 0 N–H and O–H groups in total. The van der Waals surface area contributed by atoms with E-state index in [1.807, 2.05) is 13.0 Å². The molecule has 1 aliphatic carbocycles. The highest BCUT2D eigenvalue weighted by atomic mass is 16.1. The molecule has 0 heterocycles. The largest absolute Gasteiger partial charge is 0.295 e. The lowest BCUT2D eigenvalue weighted by Crippen LogP contribution is -2.25. The maximum atomic E-state index is 11.6. The van der Waals surface area contributed by atoms with Crippen LogP contribution in [0.5, 0.6) is 0 Å². The predicted molar refractivity (Wildman–Crippen MR) is 60.2 cm³/mol. The third-order valence-electron chi connectivity index (χ3n) is 3.26. The molecule has 0 bridgehead atoms. The monoisotopic (exact) mass is 192 g/mol. The Morgan fingerprint density at radius 3 is 2.71 bits per heavy atom. The van der Waals surface area contributed by atoms with E-state index in [9.17, 15) is 4.79 Å². The van der Waals surface area contributed by atoms with Gasteiger partial charge >= 0.3 is 0 Å². The molecule has 0 saturated carbocycles. The summed E-state index contributed by atoms with van der Waals surface area (Å²) in [4.78, 5) is 11.6. The first-order valence-electron chi connectivity index (χ1n) is 5.33. The summed E-state index contributed by atoms with van der Waals surface area (Å²) in [5.41, 5.74) is 2.55. The second-order valence-electron chi connectivity index (χ2n) is 4.74. The standard InChI is InChI=1S/C13H20O/c1-5-6-7-11-10(2)12(14)8-9-13(11,3)4/h5H,1,6-9H2,2-4H3. The van der Waals surface area contributed by atoms with E-state index in [1.165, 1.54) is 5.57 Å². The molecule has 78 valence electrons. The van der Waals surface area contributed by atoms with Gasteiger partial charge in [-0.25, -0.2) is 0 Å². The third-order valence-corrected chi connectivity index (χ3v) is 3.26. The molecule has 0 aromatic heterocycles. The SMILES string of the molecule is C=CCCC1=C(C)C(=O)CCC1(C)C. The van der Waals surface area contributed by atoms with Crippen molar-refractivity contribution >= 4 is 5.78 Å². The van der Waals surface area contributed by atoms with Crippen molar-refractivity contribution in [1.29, 1.82) is 0 Å². The van der Waals surface area contributed by atoms with E-state index < -0.39 is 0 Å². The second-order valence-corrected chi connectivity index (χ2v) is 4.74. The molecule has 0 spiro atoms. The van der Waals surface area contributed by atoms with E-state index in [1.54, 1.807) is 0 Å². The average molecular weight is 192 g/mol. The summed E-state index contributed by atoms with van der Waals surface area (Å²) in [6, 6.07) is 0. The van der Waals surface area contributed by atoms with Crippen LogP contribution < -0.4 is 0 Å². The highest BCUT2D eigenvalue weighted by Crippen LogP contribution is 2.40. The van der Waals surface area contributed by atoms with Crippen molar-refractivity contribution in [3.63, 3.8) is 0 Å². The summed E-state index contributed by atoms with van der Waals surface area (Å²) in [7, 11) is 0. The molecule has 0 saturated heterocycles. The van der Waals surface area contributed by atoms with Gasteiger partial charge in [-0.3, -0.25) is 4.79 Å². The van der Waals surface area contributed by atoms with Gasteiger partial charge in [0.15, 0.2) is 5.78 Å². The van der Waals surface area contributed by atoms with Crippen molar-refractivity contribution < 1.29 is 4.79 Å². The highest BCUT2D eigenvalue weighted by molar-refractivity contribution is 5.96. The zero-order chi connectivity index (χ0) is 10.8. The first-order chi connectivity index (χ1) is 6.49. The normalized spacial score (nSPS) is 21.2. The van der Waals surface area contributed by atoms with Gasteiger partial charge in [0, 0.05) is 6.42 Å². The lowest BCUT2D eigenvalue weighted by Gasteiger charge is -2.33. The third kappa shape index (κ3) is 2.14. The number of hydrogen-bond donors (Lipinski definition) is 0. The average Bonchev–Trinajstić information content (AvgIpc) is 2.12. The zero-order valence-corrected chi connectivity index (χ0v) is 9.52. The Bertz CT molecular complexity index is 282. The molecule has 14 heavy (non-hydrogen) atoms. The number of allylic oxidation sites excluding steroid dienone is 3. The first-order valence-corrected chi connectivity index (χ1v) is 5.33. The summed E-state index contributed by atoms with van der Waals surface area (Å²) in [6.45, 7) is 10.2. The van der Waals surface area contributed by atoms with Gasteiger partial charge in [0.25, 0.3) is 0 Å². The van der Waals surface area contributed by atoms with Crippen LogP contribution in [0.1, 0.15) is 46.5 Å². The maximum absolute atomic E-state index is 11.6. The smallest absolute Gasteiger partial charge is 0.158 e. The Morgan fingerprint density at radius 1 is 1.50 bits per heavy atom. The summed E-state index contributed by atoms with van der Waals surface area (Å²) in [5, 5.41) is 0. The minimum atomic E-state index is 0.209. The van der Waals surface area contributed by atoms with Gasteiger partial charge in [-0.1, -0.05) is 25.5 Å². The molecule has 0 amide bonds. The molecular weight excluding hydrogens is 172 g/mol. The van der Waals surface area contributed by atoms with Gasteiger partial charge in [-0.05, 0) is 37.2 Å². The van der Waals surface area contributed by atoms with Crippen LogP contribution in [0, 0.1) is 5.41 Å². The highest BCUT2D eigenvalue weighted by Gasteiger charge is 2.31. The second kappa shape index (κ2) is 4.12. The Balaban J connectivity index is 2.95. The Morgan fingerprint density at radius 2 is 2.14 bits per heavy atom. The summed E-state index contributed by atoms with van der Waals surface area (Å²) in [6.07, 6.45) is 5.61. The lowest BCUT2D eigenvalue weighted by molar-refractivity contribution is -0.116. The molecule has 1 aliphatic rings. The topological polar surface area (TPSA) is 17.1 Å². The van der Waals surface area contributed by atoms with Crippen molar-refractivity contribution in [3.8, 4) is 0 Å². The van der Waals surface area contributed by atoms with E-state index in [-0.39, 0.29) is 5.41 Å². The van der Waals surface area contributed by atoms with Gasteiger partial charge in [0.2, 0.25) is 0 Å². The minimum absolute atomic E-state index is 0.209. The van der Waals surface area contributed by atoms with Crippen LogP contribution in [0.2, 0.25) is 0 Å². The summed E-state index contributed by atoms with van der Waals surface area (Å²) in [5.74, 6) is 0.336. The number of carbonyl (C=O) groups excluding carboxylic acids is 1. The van der Waals surface area contributed by atoms with Crippen LogP contribution in [0.3, 0.4) is 0 Å². The molecular formula is C13H20O. The van der Waals surface area contributed by atoms with E-state index >= 15 is 0 Å². The van der Waals surface area contributed by atoms with Crippen LogP contribution in [-0.4, -0.2) is 5.78 Å². The molecule has 0 fully saturated rings. The molecule has 1 heteroatoms. The molecule has 0 unspecified atom stereocenters. The molecule has 0 radical (unpaired) electrons. The van der Waals surface area contributed by atoms with Gasteiger partial charge < -0.3 is 0 Å². The fraction of sp³-hybridized carbons (Fsp3) is 0.615. The van der Waals surface area contributed by atoms with Crippen molar-refractivity contribution in [2.75, 3.05) is 0 Å². The molecule has 0 aromatic carbocycles. The van der Waals surface area contributed by atoms with Crippen molar-refractivity contribution in [1.82, 2.24) is 0 Å². The van der Waals surface area contributed by atoms with Gasteiger partial charge in [0.05, 0.1) is 0 Å². The van der Waals surface area contributed by atoms with Gasteiger partial charge in [-0.2, -0.15) is 0 Å². The number of hydrogen-bond acceptors (Lipinski definition) is 1. The maximum Gasteiger partial charge on any atom is 0.158 e. The molecule has 0 atom stereocenters. The molecule has 1 rings (SSSR count). The van der Waals surface area contributed by atoms with Crippen LogP contribution in [0.15, 0.2) is 23.8 Å². The summed E-state index contributed by atoms with van der Waals surface area (Å²) < 4.78 is 0. The van der Waals surface area contributed by atoms with E-state index in [4.69, 9.17) is 0 Å². The number of Topliss-reactive ketones (excluding diaryl/α,β-unsaturated/α-hetero) is 1. The lowest BCUT2D eigenvalue weighted by atomic mass is 9.71. The minimum Gasteiger partial charge on any atom is -0.295 e. The Kier molecular flexibility index (Phi) is 3.30. The van der Waals surface area contributed by atoms with Crippen molar-refractivity contribution in [2.24, 2.45) is 5.41 Å². The number of ketones is 1. The van der Waals surface area contributed by atoms with Crippen molar-refractivity contribution in [3.05, 3.63) is 23.8 Å². The van der Waals surface area contributed by atoms with Crippen LogP contribution in [0.25, 0.3) is 0 Å². The fourth-order valence-electron chi connectivity index (χ4n) is 2.21.